The SMILES string of the molecule is COc1cc(OC)c2c(=O)c(OC(=O)Cc3ccc(-c4ccccc4)cc3)c(-c3ccc(OC)c(OC)c3)oc2c1. The molecule has 0 bridgehead atoms. The van der Waals surface area contributed by atoms with Crippen LogP contribution in [0, 0.1) is 0 Å². The average Bonchev–Trinajstić information content (AvgIpc) is 3.02. The summed E-state index contributed by atoms with van der Waals surface area (Å²) in [4.78, 5) is 27.0. The number of fused-ring (bicyclic) bond motifs is 1. The van der Waals surface area contributed by atoms with Gasteiger partial charge in [0, 0.05) is 17.7 Å². The summed E-state index contributed by atoms with van der Waals surface area (Å²) in [5.74, 6) is 0.705. The lowest BCUT2D eigenvalue weighted by molar-refractivity contribution is -0.133. The van der Waals surface area contributed by atoms with Crippen LogP contribution < -0.4 is 29.1 Å². The Morgan fingerprint density at radius 1 is 0.683 bits per heavy atom. The zero-order chi connectivity index (χ0) is 28.9. The topological polar surface area (TPSA) is 93.4 Å². The standard InChI is InChI=1S/C33H28O8/c1-36-24-18-27(39-4)30-28(19-24)40-32(23-14-15-25(37-2)26(17-23)38-3)33(31(30)35)41-29(34)16-20-10-12-22(13-11-20)21-8-6-5-7-9-21/h5-15,17-19H,16H2,1-4H3. The first-order valence-electron chi connectivity index (χ1n) is 12.8. The van der Waals surface area contributed by atoms with Crippen molar-refractivity contribution >= 4 is 16.9 Å². The molecular weight excluding hydrogens is 524 g/mol. The molecule has 8 nitrogen and oxygen atoms in total. The molecule has 1 aromatic heterocycles. The van der Waals surface area contributed by atoms with Crippen LogP contribution in [0.25, 0.3) is 33.4 Å². The van der Waals surface area contributed by atoms with E-state index >= 15 is 0 Å². The Hall–Kier alpha value is -5.24. The predicted octanol–water partition coefficient (Wildman–Crippen LogP) is 6.31. The molecule has 0 amide bonds. The average molecular weight is 553 g/mol. The van der Waals surface area contributed by atoms with E-state index in [4.69, 9.17) is 28.1 Å². The van der Waals surface area contributed by atoms with E-state index in [9.17, 15) is 9.59 Å². The van der Waals surface area contributed by atoms with Crippen molar-refractivity contribution in [3.8, 4) is 51.2 Å². The summed E-state index contributed by atoms with van der Waals surface area (Å²) in [6.07, 6.45) is -0.0579. The van der Waals surface area contributed by atoms with Gasteiger partial charge in [-0.2, -0.15) is 0 Å². The summed E-state index contributed by atoms with van der Waals surface area (Å²) in [7, 11) is 5.95. The highest BCUT2D eigenvalue weighted by Crippen LogP contribution is 2.39. The van der Waals surface area contributed by atoms with E-state index in [-0.39, 0.29) is 34.6 Å². The molecule has 0 atom stereocenters. The second-order valence-corrected chi connectivity index (χ2v) is 9.08. The van der Waals surface area contributed by atoms with Crippen molar-refractivity contribution in [2.24, 2.45) is 0 Å². The first kappa shape index (κ1) is 27.3. The Bertz CT molecular complexity index is 1760. The quantitative estimate of drug-likeness (QED) is 0.197. The normalized spacial score (nSPS) is 10.7. The molecule has 0 saturated heterocycles. The summed E-state index contributed by atoms with van der Waals surface area (Å²) in [6, 6.07) is 25.7. The van der Waals surface area contributed by atoms with Gasteiger partial charge in [-0.15, -0.1) is 0 Å². The molecule has 8 heteroatoms. The van der Waals surface area contributed by atoms with E-state index in [1.807, 2.05) is 54.6 Å². The lowest BCUT2D eigenvalue weighted by atomic mass is 10.0. The molecule has 1 heterocycles. The van der Waals surface area contributed by atoms with Crippen molar-refractivity contribution in [1.82, 2.24) is 0 Å². The highest BCUT2D eigenvalue weighted by atomic mass is 16.5. The van der Waals surface area contributed by atoms with Gasteiger partial charge in [-0.1, -0.05) is 54.6 Å². The van der Waals surface area contributed by atoms with Gasteiger partial charge in [-0.3, -0.25) is 9.59 Å². The molecule has 5 rings (SSSR count). The van der Waals surface area contributed by atoms with Crippen molar-refractivity contribution in [2.45, 2.75) is 6.42 Å². The number of benzene rings is 4. The summed E-state index contributed by atoms with van der Waals surface area (Å²) in [5.41, 5.74) is 2.90. The van der Waals surface area contributed by atoms with Gasteiger partial charge >= 0.3 is 5.97 Å². The third kappa shape index (κ3) is 5.58. The van der Waals surface area contributed by atoms with Crippen LogP contribution in [0.15, 0.2) is 94.1 Å². The number of methoxy groups -OCH3 is 4. The number of rotatable bonds is 9. The Labute approximate surface area is 236 Å². The zero-order valence-electron chi connectivity index (χ0n) is 23.1. The van der Waals surface area contributed by atoms with Gasteiger partial charge in [0.15, 0.2) is 17.3 Å². The fourth-order valence-electron chi connectivity index (χ4n) is 4.54. The first-order valence-corrected chi connectivity index (χ1v) is 12.8. The van der Waals surface area contributed by atoms with Gasteiger partial charge in [0.05, 0.1) is 34.9 Å². The van der Waals surface area contributed by atoms with Gasteiger partial charge < -0.3 is 28.1 Å². The number of hydrogen-bond donors (Lipinski definition) is 0. The van der Waals surface area contributed by atoms with Gasteiger partial charge in [0.2, 0.25) is 11.2 Å². The molecular formula is C33H28O8. The molecule has 0 N–H and O–H groups in total. The summed E-state index contributed by atoms with van der Waals surface area (Å²) in [5, 5.41) is 0.118. The molecule has 0 radical (unpaired) electrons. The fourth-order valence-corrected chi connectivity index (χ4v) is 4.54. The third-order valence-corrected chi connectivity index (χ3v) is 6.62. The minimum atomic E-state index is -0.627. The van der Waals surface area contributed by atoms with Crippen LogP contribution in [0.1, 0.15) is 5.56 Å². The fraction of sp³-hybridized carbons (Fsp3) is 0.152. The molecule has 0 fully saturated rings. The number of ether oxygens (including phenoxy) is 5. The minimum Gasteiger partial charge on any atom is -0.496 e. The molecule has 0 aliphatic carbocycles. The van der Waals surface area contributed by atoms with Crippen LogP contribution in [0.5, 0.6) is 28.7 Å². The molecule has 0 spiro atoms. The van der Waals surface area contributed by atoms with E-state index in [1.165, 1.54) is 28.4 Å². The van der Waals surface area contributed by atoms with Crippen molar-refractivity contribution in [1.29, 1.82) is 0 Å². The molecule has 4 aromatic carbocycles. The van der Waals surface area contributed by atoms with Crippen molar-refractivity contribution in [3.05, 3.63) is 101 Å². The molecule has 0 saturated carbocycles. The largest absolute Gasteiger partial charge is 0.496 e. The van der Waals surface area contributed by atoms with Crippen LogP contribution in [0.3, 0.4) is 0 Å². The maximum atomic E-state index is 13.9. The van der Waals surface area contributed by atoms with Gasteiger partial charge in [0.1, 0.15) is 22.5 Å². The van der Waals surface area contributed by atoms with E-state index in [0.717, 1.165) is 16.7 Å². The summed E-state index contributed by atoms with van der Waals surface area (Å²) >= 11 is 0. The first-order chi connectivity index (χ1) is 19.9. The van der Waals surface area contributed by atoms with Gasteiger partial charge in [-0.05, 0) is 34.9 Å². The molecule has 0 unspecified atom stereocenters. The Kier molecular flexibility index (Phi) is 7.92. The number of carbonyl (C=O) groups is 1. The van der Waals surface area contributed by atoms with Crippen molar-refractivity contribution < 1.29 is 32.9 Å². The Morgan fingerprint density at radius 3 is 2.00 bits per heavy atom. The number of hydrogen-bond acceptors (Lipinski definition) is 8. The highest BCUT2D eigenvalue weighted by molar-refractivity contribution is 5.90. The monoisotopic (exact) mass is 552 g/mol. The molecule has 208 valence electrons. The van der Waals surface area contributed by atoms with E-state index < -0.39 is 11.4 Å². The molecule has 0 aliphatic heterocycles. The minimum absolute atomic E-state index is 0.0477. The van der Waals surface area contributed by atoms with E-state index in [2.05, 4.69) is 0 Å². The lowest BCUT2D eigenvalue weighted by Gasteiger charge is -2.14. The number of carbonyl (C=O) groups excluding carboxylic acids is 1. The Balaban J connectivity index is 1.56. The van der Waals surface area contributed by atoms with Crippen LogP contribution in [0.4, 0.5) is 0 Å². The second-order valence-electron chi connectivity index (χ2n) is 9.08. The summed E-state index contributed by atoms with van der Waals surface area (Å²) < 4.78 is 33.5. The van der Waals surface area contributed by atoms with Gasteiger partial charge in [-0.25, -0.2) is 0 Å². The van der Waals surface area contributed by atoms with Crippen LogP contribution >= 0.6 is 0 Å². The summed E-state index contributed by atoms with van der Waals surface area (Å²) in [6.45, 7) is 0. The van der Waals surface area contributed by atoms with E-state index in [0.29, 0.717) is 22.8 Å². The smallest absolute Gasteiger partial charge is 0.315 e. The molecule has 41 heavy (non-hydrogen) atoms. The highest BCUT2D eigenvalue weighted by Gasteiger charge is 2.24. The van der Waals surface area contributed by atoms with Crippen LogP contribution in [0.2, 0.25) is 0 Å². The van der Waals surface area contributed by atoms with Crippen molar-refractivity contribution in [3.63, 3.8) is 0 Å². The maximum Gasteiger partial charge on any atom is 0.315 e. The van der Waals surface area contributed by atoms with Crippen molar-refractivity contribution in [2.75, 3.05) is 28.4 Å². The van der Waals surface area contributed by atoms with Gasteiger partial charge in [0.25, 0.3) is 0 Å². The van der Waals surface area contributed by atoms with Crippen LogP contribution in [-0.2, 0) is 11.2 Å². The molecule has 0 aliphatic rings. The maximum absolute atomic E-state index is 13.9. The Morgan fingerprint density at radius 2 is 1.34 bits per heavy atom. The van der Waals surface area contributed by atoms with E-state index in [1.54, 1.807) is 30.3 Å². The molecule has 5 aromatic rings. The zero-order valence-corrected chi connectivity index (χ0v) is 23.1. The lowest BCUT2D eigenvalue weighted by Crippen LogP contribution is -2.18. The van der Waals surface area contributed by atoms with Crippen LogP contribution in [-0.4, -0.2) is 34.4 Å². The number of esters is 1. The third-order valence-electron chi connectivity index (χ3n) is 6.62. The predicted molar refractivity (Wildman–Crippen MR) is 155 cm³/mol. The second kappa shape index (κ2) is 11.9.